The van der Waals surface area contributed by atoms with E-state index in [0.29, 0.717) is 0 Å². The van der Waals surface area contributed by atoms with E-state index in [1.165, 1.54) is 6.42 Å². The minimum atomic E-state index is 0.00532. The van der Waals surface area contributed by atoms with Crippen LogP contribution >= 0.6 is 0 Å². The number of likely N-dealkylation sites (tertiary alicyclic amines) is 1. The summed E-state index contributed by atoms with van der Waals surface area (Å²) in [5.41, 5.74) is 3.35. The van der Waals surface area contributed by atoms with Crippen molar-refractivity contribution >= 4 is 5.91 Å². The lowest BCUT2D eigenvalue weighted by atomic mass is 10.00. The number of amides is 1. The third kappa shape index (κ3) is 3.18. The highest BCUT2D eigenvalue weighted by atomic mass is 16.2. The van der Waals surface area contributed by atoms with Crippen molar-refractivity contribution in [3.8, 4) is 0 Å². The Morgan fingerprint density at radius 2 is 2.12 bits per heavy atom. The number of rotatable bonds is 4. The molecule has 2 aliphatic rings. The molecule has 1 N–H and O–H groups in total. The fourth-order valence-electron chi connectivity index (χ4n) is 4.11. The molecule has 8 nitrogen and oxygen atoms in total. The Balaban J connectivity index is 1.45. The molecule has 3 heterocycles. The lowest BCUT2D eigenvalue weighted by Crippen LogP contribution is -2.41. The molecule has 1 amide bonds. The Morgan fingerprint density at radius 3 is 2.92 bits per heavy atom. The molecule has 4 rings (SSSR count). The number of carbonyl (C=O) groups is 1. The minimum Gasteiger partial charge on any atom is -0.350 e. The molecule has 134 valence electrons. The van der Waals surface area contributed by atoms with Crippen molar-refractivity contribution in [3.63, 3.8) is 0 Å². The van der Waals surface area contributed by atoms with Gasteiger partial charge in [0, 0.05) is 37.9 Å². The minimum absolute atomic E-state index is 0.00532. The van der Waals surface area contributed by atoms with E-state index in [0.717, 1.165) is 49.4 Å². The number of nitrogens with one attached hydrogen (secondary N) is 1. The van der Waals surface area contributed by atoms with E-state index in [1.54, 1.807) is 4.68 Å². The molecule has 2 aromatic rings. The van der Waals surface area contributed by atoms with Crippen LogP contribution in [0.3, 0.4) is 0 Å². The summed E-state index contributed by atoms with van der Waals surface area (Å²) in [4.78, 5) is 19.1. The number of fused-ring (bicyclic) bond motifs is 1. The van der Waals surface area contributed by atoms with E-state index in [1.807, 2.05) is 24.1 Å². The molecular weight excluding hydrogens is 318 g/mol. The Hall–Kier alpha value is -2.22. The van der Waals surface area contributed by atoms with Crippen molar-refractivity contribution in [2.75, 3.05) is 20.1 Å². The Labute approximate surface area is 147 Å². The topological polar surface area (TPSA) is 80.9 Å². The summed E-state index contributed by atoms with van der Waals surface area (Å²) in [6, 6.07) is 0.0900. The van der Waals surface area contributed by atoms with Crippen LogP contribution in [-0.2, 0) is 31.2 Å². The molecule has 1 saturated heterocycles. The average Bonchev–Trinajstić information content (AvgIpc) is 3.27. The van der Waals surface area contributed by atoms with Crippen LogP contribution in [0.5, 0.6) is 0 Å². The Morgan fingerprint density at radius 1 is 1.28 bits per heavy atom. The van der Waals surface area contributed by atoms with Crippen LogP contribution < -0.4 is 5.32 Å². The molecule has 1 fully saturated rings. The van der Waals surface area contributed by atoms with Gasteiger partial charge in [-0.05, 0) is 32.7 Å². The highest BCUT2D eigenvalue weighted by Gasteiger charge is 2.34. The van der Waals surface area contributed by atoms with Gasteiger partial charge in [-0.1, -0.05) is 5.21 Å². The molecule has 1 aliphatic heterocycles. The number of hydrogen-bond donors (Lipinski definition) is 1. The van der Waals surface area contributed by atoms with Gasteiger partial charge in [-0.2, -0.15) is 0 Å². The second kappa shape index (κ2) is 6.59. The zero-order valence-corrected chi connectivity index (χ0v) is 14.9. The molecule has 0 aromatic carbocycles. The van der Waals surface area contributed by atoms with Gasteiger partial charge in [0.25, 0.3) is 0 Å². The van der Waals surface area contributed by atoms with E-state index in [-0.39, 0.29) is 24.4 Å². The predicted octanol–water partition coefficient (Wildman–Crippen LogP) is 0.104. The largest absolute Gasteiger partial charge is 0.350 e. The Kier molecular flexibility index (Phi) is 4.29. The molecule has 0 radical (unpaired) electrons. The quantitative estimate of drug-likeness (QED) is 0.852. The van der Waals surface area contributed by atoms with E-state index in [2.05, 4.69) is 32.6 Å². The molecule has 2 atom stereocenters. The van der Waals surface area contributed by atoms with Crippen LogP contribution in [0.2, 0.25) is 0 Å². The maximum Gasteiger partial charge on any atom is 0.242 e. The summed E-state index contributed by atoms with van der Waals surface area (Å²) in [7, 11) is 4.09. The molecular formula is C17H25N7O. The standard InChI is InChI=1S/C17H25N7O/c1-22-8-12(16-7-18-11-23(16)2)14(9-22)19-17(25)10-24-15-6-4-3-5-13(15)20-21-24/h7,11-12,14H,3-6,8-10H2,1-2H3,(H,19,25)/t12-,14-/m1/s1. The fraction of sp³-hybridized carbons (Fsp3) is 0.647. The second-order valence-corrected chi connectivity index (χ2v) is 7.28. The lowest BCUT2D eigenvalue weighted by Gasteiger charge is -2.20. The zero-order valence-electron chi connectivity index (χ0n) is 14.9. The van der Waals surface area contributed by atoms with Crippen LogP contribution in [0.1, 0.15) is 35.8 Å². The van der Waals surface area contributed by atoms with E-state index in [9.17, 15) is 4.79 Å². The van der Waals surface area contributed by atoms with E-state index < -0.39 is 0 Å². The fourth-order valence-corrected chi connectivity index (χ4v) is 4.11. The van der Waals surface area contributed by atoms with Gasteiger partial charge in [0.2, 0.25) is 5.91 Å². The summed E-state index contributed by atoms with van der Waals surface area (Å²) in [5, 5.41) is 11.6. The van der Waals surface area contributed by atoms with Crippen LogP contribution in [0.15, 0.2) is 12.5 Å². The predicted molar refractivity (Wildman–Crippen MR) is 92.0 cm³/mol. The van der Waals surface area contributed by atoms with Gasteiger partial charge in [0.05, 0.1) is 23.8 Å². The number of imidazole rings is 1. The maximum atomic E-state index is 12.6. The van der Waals surface area contributed by atoms with Crippen LogP contribution in [0.25, 0.3) is 0 Å². The second-order valence-electron chi connectivity index (χ2n) is 7.28. The highest BCUT2D eigenvalue weighted by molar-refractivity contribution is 5.76. The van der Waals surface area contributed by atoms with Gasteiger partial charge in [-0.3, -0.25) is 4.79 Å². The van der Waals surface area contributed by atoms with E-state index >= 15 is 0 Å². The summed E-state index contributed by atoms with van der Waals surface area (Å²) >= 11 is 0. The average molecular weight is 343 g/mol. The zero-order chi connectivity index (χ0) is 17.4. The van der Waals surface area contributed by atoms with E-state index in [4.69, 9.17) is 0 Å². The molecule has 0 saturated carbocycles. The monoisotopic (exact) mass is 343 g/mol. The van der Waals surface area contributed by atoms with Crippen molar-refractivity contribution in [2.45, 2.75) is 44.2 Å². The first-order valence-electron chi connectivity index (χ1n) is 8.97. The number of nitrogens with zero attached hydrogens (tertiary/aromatic N) is 6. The molecule has 0 spiro atoms. The van der Waals surface area contributed by atoms with Crippen molar-refractivity contribution in [1.82, 2.24) is 34.8 Å². The Bertz CT molecular complexity index is 765. The van der Waals surface area contributed by atoms with Crippen molar-refractivity contribution < 1.29 is 4.79 Å². The molecule has 25 heavy (non-hydrogen) atoms. The van der Waals surface area contributed by atoms with Crippen LogP contribution in [0.4, 0.5) is 0 Å². The van der Waals surface area contributed by atoms with Crippen LogP contribution in [-0.4, -0.2) is 61.5 Å². The third-order valence-electron chi connectivity index (χ3n) is 5.37. The molecule has 0 unspecified atom stereocenters. The van der Waals surface area contributed by atoms with Crippen molar-refractivity contribution in [2.24, 2.45) is 7.05 Å². The first kappa shape index (κ1) is 16.3. The number of aromatic nitrogens is 5. The SMILES string of the molecule is CN1C[C@@H](NC(=O)Cn2nnc3c2CCCC3)[C@H](c2cncn2C)C1. The summed E-state index contributed by atoms with van der Waals surface area (Å²) in [6.45, 7) is 2.01. The van der Waals surface area contributed by atoms with Crippen LogP contribution in [0, 0.1) is 0 Å². The number of likely N-dealkylation sites (N-methyl/N-ethyl adjacent to an activating group) is 1. The van der Waals surface area contributed by atoms with Gasteiger partial charge < -0.3 is 14.8 Å². The van der Waals surface area contributed by atoms with Gasteiger partial charge >= 0.3 is 0 Å². The summed E-state index contributed by atoms with van der Waals surface area (Å²) in [6.07, 6.45) is 7.98. The normalized spacial score (nSPS) is 23.6. The van der Waals surface area contributed by atoms with Gasteiger partial charge in [-0.15, -0.1) is 5.10 Å². The highest BCUT2D eigenvalue weighted by Crippen LogP contribution is 2.26. The molecule has 2 aromatic heterocycles. The maximum absolute atomic E-state index is 12.6. The smallest absolute Gasteiger partial charge is 0.242 e. The first-order chi connectivity index (χ1) is 12.1. The van der Waals surface area contributed by atoms with Gasteiger partial charge in [0.15, 0.2) is 0 Å². The van der Waals surface area contributed by atoms with Crippen molar-refractivity contribution in [1.29, 1.82) is 0 Å². The molecule has 0 bridgehead atoms. The number of aryl methyl sites for hydroxylation is 2. The number of carbonyl (C=O) groups excluding carboxylic acids is 1. The van der Waals surface area contributed by atoms with Crippen molar-refractivity contribution in [3.05, 3.63) is 29.6 Å². The van der Waals surface area contributed by atoms with Gasteiger partial charge in [0.1, 0.15) is 6.54 Å². The number of hydrogen-bond acceptors (Lipinski definition) is 5. The summed E-state index contributed by atoms with van der Waals surface area (Å²) < 4.78 is 3.82. The third-order valence-corrected chi connectivity index (χ3v) is 5.37. The first-order valence-corrected chi connectivity index (χ1v) is 8.97. The summed E-state index contributed by atoms with van der Waals surface area (Å²) in [5.74, 6) is 0.261. The lowest BCUT2D eigenvalue weighted by molar-refractivity contribution is -0.122. The van der Waals surface area contributed by atoms with Gasteiger partial charge in [-0.25, -0.2) is 9.67 Å². The molecule has 1 aliphatic carbocycles. The molecule has 8 heteroatoms.